The first-order valence-corrected chi connectivity index (χ1v) is 5.15. The van der Waals surface area contributed by atoms with Crippen LogP contribution in [-0.2, 0) is 12.8 Å². The van der Waals surface area contributed by atoms with Crippen molar-refractivity contribution in [3.63, 3.8) is 0 Å². The Morgan fingerprint density at radius 1 is 1.38 bits per heavy atom. The van der Waals surface area contributed by atoms with Crippen molar-refractivity contribution in [1.82, 2.24) is 0 Å². The Morgan fingerprint density at radius 3 is 2.69 bits per heavy atom. The van der Waals surface area contributed by atoms with Gasteiger partial charge in [-0.15, -0.1) is 11.3 Å². The molecule has 1 heterocycles. The summed E-state index contributed by atoms with van der Waals surface area (Å²) < 4.78 is 0. The average molecular weight is 197 g/mol. The molecule has 0 aromatic carbocycles. The van der Waals surface area contributed by atoms with Gasteiger partial charge in [0.2, 0.25) is 0 Å². The summed E-state index contributed by atoms with van der Waals surface area (Å²) in [6, 6.07) is 0. The highest BCUT2D eigenvalue weighted by molar-refractivity contribution is 7.14. The topological polar surface area (TPSA) is 63.3 Å². The second kappa shape index (κ2) is 3.03. The molecule has 0 atom stereocenters. The number of hydrogen-bond donors (Lipinski definition) is 2. The van der Waals surface area contributed by atoms with Crippen molar-refractivity contribution < 1.29 is 9.90 Å². The van der Waals surface area contributed by atoms with Gasteiger partial charge in [-0.2, -0.15) is 0 Å². The second-order valence-corrected chi connectivity index (χ2v) is 4.36. The third kappa shape index (κ3) is 1.31. The van der Waals surface area contributed by atoms with E-state index in [1.54, 1.807) is 0 Å². The second-order valence-electron chi connectivity index (χ2n) is 3.26. The van der Waals surface area contributed by atoms with E-state index in [0.717, 1.165) is 31.2 Å². The molecule has 0 fully saturated rings. The molecule has 3 nitrogen and oxygen atoms in total. The molecule has 13 heavy (non-hydrogen) atoms. The third-order valence-electron chi connectivity index (χ3n) is 2.41. The van der Waals surface area contributed by atoms with E-state index < -0.39 is 5.97 Å². The molecule has 4 heteroatoms. The molecule has 1 aromatic rings. The minimum Gasteiger partial charge on any atom is -0.477 e. The molecule has 0 radical (unpaired) electrons. The van der Waals surface area contributed by atoms with Gasteiger partial charge in [-0.3, -0.25) is 0 Å². The van der Waals surface area contributed by atoms with Crippen molar-refractivity contribution in [3.05, 3.63) is 15.3 Å². The quantitative estimate of drug-likeness (QED) is 0.722. The number of nitrogens with two attached hydrogens (primary N) is 1. The maximum absolute atomic E-state index is 10.8. The number of thiophene rings is 1. The molecule has 1 aliphatic carbocycles. The van der Waals surface area contributed by atoms with Crippen LogP contribution in [0.5, 0.6) is 0 Å². The highest BCUT2D eigenvalue weighted by Gasteiger charge is 2.21. The van der Waals surface area contributed by atoms with E-state index in [9.17, 15) is 4.79 Å². The van der Waals surface area contributed by atoms with Crippen molar-refractivity contribution in [3.8, 4) is 0 Å². The standard InChI is InChI=1S/C9H11NO2S/c10-7-5-3-1-2-4-6(5)13-8(7)9(11)12/h1-4,10H2,(H,11,12). The van der Waals surface area contributed by atoms with Gasteiger partial charge in [0, 0.05) is 4.88 Å². The fourth-order valence-corrected chi connectivity index (χ4v) is 2.90. The van der Waals surface area contributed by atoms with Crippen molar-refractivity contribution in [1.29, 1.82) is 0 Å². The van der Waals surface area contributed by atoms with E-state index in [1.807, 2.05) is 0 Å². The van der Waals surface area contributed by atoms with Gasteiger partial charge in [0.25, 0.3) is 0 Å². The normalized spacial score (nSPS) is 15.4. The van der Waals surface area contributed by atoms with Crippen LogP contribution in [0.1, 0.15) is 33.0 Å². The summed E-state index contributed by atoms with van der Waals surface area (Å²) in [6.45, 7) is 0. The predicted molar refractivity (Wildman–Crippen MR) is 52.3 cm³/mol. The Bertz CT molecular complexity index is 357. The lowest BCUT2D eigenvalue weighted by Gasteiger charge is -2.10. The van der Waals surface area contributed by atoms with Crippen LogP contribution >= 0.6 is 11.3 Å². The molecule has 0 unspecified atom stereocenters. The predicted octanol–water partition coefficient (Wildman–Crippen LogP) is 1.91. The van der Waals surface area contributed by atoms with Gasteiger partial charge in [-0.1, -0.05) is 0 Å². The molecule has 0 amide bonds. The Balaban J connectivity index is 2.50. The van der Waals surface area contributed by atoms with Gasteiger partial charge in [0.05, 0.1) is 5.69 Å². The number of hydrogen-bond acceptors (Lipinski definition) is 3. The zero-order valence-electron chi connectivity index (χ0n) is 7.17. The van der Waals surface area contributed by atoms with Gasteiger partial charge in [0.15, 0.2) is 0 Å². The fraction of sp³-hybridized carbons (Fsp3) is 0.444. The smallest absolute Gasteiger partial charge is 0.348 e. The number of anilines is 1. The number of aryl methyl sites for hydroxylation is 1. The van der Waals surface area contributed by atoms with Gasteiger partial charge < -0.3 is 10.8 Å². The number of carboxylic acids is 1. The van der Waals surface area contributed by atoms with Gasteiger partial charge in [0.1, 0.15) is 4.88 Å². The molecule has 1 aromatic heterocycles. The van der Waals surface area contributed by atoms with Crippen molar-refractivity contribution in [2.45, 2.75) is 25.7 Å². The number of aromatic carboxylic acids is 1. The molecule has 0 saturated carbocycles. The largest absolute Gasteiger partial charge is 0.477 e. The number of carbonyl (C=O) groups is 1. The van der Waals surface area contributed by atoms with E-state index in [0.29, 0.717) is 10.6 Å². The summed E-state index contributed by atoms with van der Waals surface area (Å²) in [5, 5.41) is 8.85. The molecular weight excluding hydrogens is 186 g/mol. The number of rotatable bonds is 1. The first-order chi connectivity index (χ1) is 6.20. The van der Waals surface area contributed by atoms with Crippen molar-refractivity contribution in [2.75, 3.05) is 5.73 Å². The molecule has 3 N–H and O–H groups in total. The zero-order valence-corrected chi connectivity index (χ0v) is 7.99. The molecule has 1 aliphatic rings. The summed E-state index contributed by atoms with van der Waals surface area (Å²) in [6.07, 6.45) is 4.24. The Labute approximate surface area is 80.2 Å². The molecule has 0 spiro atoms. The Morgan fingerprint density at radius 2 is 2.08 bits per heavy atom. The average Bonchev–Trinajstić information content (AvgIpc) is 2.45. The molecule has 2 rings (SSSR count). The minimum atomic E-state index is -0.892. The maximum atomic E-state index is 10.8. The highest BCUT2D eigenvalue weighted by Crippen LogP contribution is 2.36. The SMILES string of the molecule is Nc1c(C(=O)O)sc2c1CCCC2. The van der Waals surface area contributed by atoms with Gasteiger partial charge in [-0.05, 0) is 31.2 Å². The number of carboxylic acid groups (broad SMARTS) is 1. The van der Waals surface area contributed by atoms with Crippen molar-refractivity contribution >= 4 is 23.0 Å². The Kier molecular flexibility index (Phi) is 2.00. The molecular formula is C9H11NO2S. The number of nitrogen functional groups attached to an aromatic ring is 1. The highest BCUT2D eigenvalue weighted by atomic mass is 32.1. The summed E-state index contributed by atoms with van der Waals surface area (Å²) >= 11 is 1.35. The van der Waals surface area contributed by atoms with Crippen LogP contribution in [0.2, 0.25) is 0 Å². The van der Waals surface area contributed by atoms with Crippen molar-refractivity contribution in [2.24, 2.45) is 0 Å². The lowest BCUT2D eigenvalue weighted by molar-refractivity contribution is 0.0703. The molecule has 70 valence electrons. The monoisotopic (exact) mass is 197 g/mol. The van der Waals surface area contributed by atoms with Crippen LogP contribution in [0.15, 0.2) is 0 Å². The lowest BCUT2D eigenvalue weighted by Crippen LogP contribution is -2.02. The summed E-state index contributed by atoms with van der Waals surface area (Å²) in [5.41, 5.74) is 7.35. The van der Waals surface area contributed by atoms with Gasteiger partial charge >= 0.3 is 5.97 Å². The van der Waals surface area contributed by atoms with E-state index in [2.05, 4.69) is 0 Å². The number of fused-ring (bicyclic) bond motifs is 1. The summed E-state index contributed by atoms with van der Waals surface area (Å²) in [5.74, 6) is -0.892. The van der Waals surface area contributed by atoms with Crippen LogP contribution in [0.3, 0.4) is 0 Å². The van der Waals surface area contributed by atoms with Crippen LogP contribution < -0.4 is 5.73 Å². The lowest BCUT2D eigenvalue weighted by atomic mass is 9.98. The van der Waals surface area contributed by atoms with Crippen LogP contribution in [0, 0.1) is 0 Å². The summed E-state index contributed by atoms with van der Waals surface area (Å²) in [4.78, 5) is 12.3. The molecule has 0 aliphatic heterocycles. The Hall–Kier alpha value is -1.03. The maximum Gasteiger partial charge on any atom is 0.348 e. The van der Waals surface area contributed by atoms with Crippen LogP contribution in [0.4, 0.5) is 5.69 Å². The molecule has 0 saturated heterocycles. The van der Waals surface area contributed by atoms with E-state index in [4.69, 9.17) is 10.8 Å². The van der Waals surface area contributed by atoms with Crippen LogP contribution in [-0.4, -0.2) is 11.1 Å². The van der Waals surface area contributed by atoms with E-state index >= 15 is 0 Å². The minimum absolute atomic E-state index is 0.326. The fourth-order valence-electron chi connectivity index (χ4n) is 1.75. The zero-order chi connectivity index (χ0) is 9.42. The van der Waals surface area contributed by atoms with Crippen LogP contribution in [0.25, 0.3) is 0 Å². The molecule has 0 bridgehead atoms. The first kappa shape index (κ1) is 8.56. The first-order valence-electron chi connectivity index (χ1n) is 4.33. The third-order valence-corrected chi connectivity index (χ3v) is 3.70. The van der Waals surface area contributed by atoms with E-state index in [1.165, 1.54) is 16.2 Å². The van der Waals surface area contributed by atoms with E-state index in [-0.39, 0.29) is 0 Å². The summed E-state index contributed by atoms with van der Waals surface area (Å²) in [7, 11) is 0. The van der Waals surface area contributed by atoms with Gasteiger partial charge in [-0.25, -0.2) is 4.79 Å².